The second-order valence-electron chi connectivity index (χ2n) is 3.50. The monoisotopic (exact) mass is 219 g/mol. The summed E-state index contributed by atoms with van der Waals surface area (Å²) in [6.07, 6.45) is -3.98. The van der Waals surface area contributed by atoms with E-state index in [1.165, 1.54) is 6.92 Å². The number of aromatic nitrogens is 1. The average molecular weight is 219 g/mol. The summed E-state index contributed by atoms with van der Waals surface area (Å²) in [5.41, 5.74) is -0.486. The number of nitrogens with zero attached hydrogens (tertiary/aromatic N) is 1. The van der Waals surface area contributed by atoms with Gasteiger partial charge in [-0.05, 0) is 19.1 Å². The van der Waals surface area contributed by atoms with E-state index in [0.29, 0.717) is 0 Å². The molecule has 84 valence electrons. The molecule has 0 aromatic carbocycles. The van der Waals surface area contributed by atoms with Gasteiger partial charge in [0.15, 0.2) is 0 Å². The fraction of sp³-hybridized carbons (Fsp3) is 0.500. The highest BCUT2D eigenvalue weighted by Gasteiger charge is 2.31. The summed E-state index contributed by atoms with van der Waals surface area (Å²) < 4.78 is 37.0. The predicted molar refractivity (Wildman–Crippen MR) is 49.3 cm³/mol. The van der Waals surface area contributed by atoms with Crippen molar-refractivity contribution in [3.8, 4) is 0 Å². The molecule has 0 aliphatic rings. The Hall–Kier alpha value is -1.10. The van der Waals surface area contributed by atoms with Gasteiger partial charge in [0.05, 0.1) is 11.7 Å². The normalized spacial score (nSPS) is 16.1. The van der Waals surface area contributed by atoms with E-state index < -0.39 is 23.8 Å². The predicted octanol–water partition coefficient (Wildman–Crippen LogP) is 2.58. The van der Waals surface area contributed by atoms with Gasteiger partial charge in [-0.2, -0.15) is 13.2 Å². The van der Waals surface area contributed by atoms with Crippen molar-refractivity contribution in [2.24, 2.45) is 0 Å². The summed E-state index contributed by atoms with van der Waals surface area (Å²) in [6.45, 7) is 3.15. The molecule has 0 saturated carbocycles. The molecule has 5 heteroatoms. The lowest BCUT2D eigenvalue weighted by atomic mass is 10.0. The van der Waals surface area contributed by atoms with E-state index in [2.05, 4.69) is 4.98 Å². The Bertz CT molecular complexity index is 336. The van der Waals surface area contributed by atoms with Crippen molar-refractivity contribution in [1.82, 2.24) is 4.98 Å². The number of aliphatic hydroxyl groups excluding tert-OH is 1. The second kappa shape index (κ2) is 4.18. The third-order valence-electron chi connectivity index (χ3n) is 2.30. The highest BCUT2D eigenvalue weighted by molar-refractivity contribution is 5.21. The zero-order valence-electron chi connectivity index (χ0n) is 8.42. The van der Waals surface area contributed by atoms with Crippen molar-refractivity contribution in [1.29, 1.82) is 0 Å². The second-order valence-corrected chi connectivity index (χ2v) is 3.50. The van der Waals surface area contributed by atoms with E-state index in [4.69, 9.17) is 0 Å². The fourth-order valence-corrected chi connectivity index (χ4v) is 1.12. The standard InChI is InChI=1S/C10H12F3NO/c1-6(7(2)15)9-5-8(3-4-14-9)10(11,12)13/h3-7,15H,1-2H3. The van der Waals surface area contributed by atoms with Crippen molar-refractivity contribution >= 4 is 0 Å². The number of pyridine rings is 1. The largest absolute Gasteiger partial charge is 0.416 e. The maximum atomic E-state index is 12.3. The molecular formula is C10H12F3NO. The molecule has 0 saturated heterocycles. The topological polar surface area (TPSA) is 33.1 Å². The van der Waals surface area contributed by atoms with Gasteiger partial charge in [-0.3, -0.25) is 4.98 Å². The first-order chi connectivity index (χ1) is 6.82. The van der Waals surface area contributed by atoms with Crippen LogP contribution in [0.25, 0.3) is 0 Å². The molecule has 1 rings (SSSR count). The van der Waals surface area contributed by atoms with Gasteiger partial charge < -0.3 is 5.11 Å². The minimum absolute atomic E-state index is 0.250. The summed E-state index contributed by atoms with van der Waals surface area (Å²) in [6, 6.07) is 1.88. The number of hydrogen-bond acceptors (Lipinski definition) is 2. The van der Waals surface area contributed by atoms with Gasteiger partial charge in [0, 0.05) is 17.8 Å². The Balaban J connectivity index is 3.03. The van der Waals surface area contributed by atoms with Crippen LogP contribution in [0, 0.1) is 0 Å². The Kier molecular flexibility index (Phi) is 3.34. The first-order valence-electron chi connectivity index (χ1n) is 4.53. The number of alkyl halides is 3. The van der Waals surface area contributed by atoms with Crippen molar-refractivity contribution < 1.29 is 18.3 Å². The molecule has 0 radical (unpaired) electrons. The zero-order valence-corrected chi connectivity index (χ0v) is 8.42. The SMILES string of the molecule is CC(O)C(C)c1cc(C(F)(F)F)ccn1. The van der Waals surface area contributed by atoms with E-state index in [-0.39, 0.29) is 5.69 Å². The molecule has 15 heavy (non-hydrogen) atoms. The molecule has 2 unspecified atom stereocenters. The summed E-state index contributed by atoms with van der Waals surface area (Å²) in [5.74, 6) is -0.410. The first-order valence-corrected chi connectivity index (χ1v) is 4.53. The van der Waals surface area contributed by atoms with Crippen LogP contribution in [-0.4, -0.2) is 16.2 Å². The van der Waals surface area contributed by atoms with Crippen molar-refractivity contribution in [3.05, 3.63) is 29.6 Å². The van der Waals surface area contributed by atoms with Crippen LogP contribution in [0.5, 0.6) is 0 Å². The van der Waals surface area contributed by atoms with Gasteiger partial charge in [0.2, 0.25) is 0 Å². The first kappa shape index (κ1) is 12.0. The number of aliphatic hydroxyl groups is 1. The highest BCUT2D eigenvalue weighted by atomic mass is 19.4. The summed E-state index contributed by atoms with van der Waals surface area (Å²) >= 11 is 0. The third kappa shape index (κ3) is 2.92. The van der Waals surface area contributed by atoms with E-state index >= 15 is 0 Å². The zero-order chi connectivity index (χ0) is 11.6. The van der Waals surface area contributed by atoms with Gasteiger partial charge in [0.1, 0.15) is 0 Å². The Morgan fingerprint density at radius 2 is 1.93 bits per heavy atom. The van der Waals surface area contributed by atoms with Crippen LogP contribution in [0.15, 0.2) is 18.3 Å². The lowest BCUT2D eigenvalue weighted by molar-refractivity contribution is -0.137. The smallest absolute Gasteiger partial charge is 0.393 e. The maximum absolute atomic E-state index is 12.3. The summed E-state index contributed by atoms with van der Waals surface area (Å²) in [5, 5.41) is 9.25. The Morgan fingerprint density at radius 3 is 2.40 bits per heavy atom. The molecule has 1 heterocycles. The average Bonchev–Trinajstić information content (AvgIpc) is 2.15. The lowest BCUT2D eigenvalue weighted by Crippen LogP contribution is -2.14. The molecule has 2 atom stereocenters. The molecular weight excluding hydrogens is 207 g/mol. The molecule has 1 aromatic heterocycles. The molecule has 2 nitrogen and oxygen atoms in total. The molecule has 1 aromatic rings. The van der Waals surface area contributed by atoms with Crippen molar-refractivity contribution in [2.75, 3.05) is 0 Å². The van der Waals surface area contributed by atoms with Crippen molar-refractivity contribution in [2.45, 2.75) is 32.0 Å². The van der Waals surface area contributed by atoms with Crippen molar-refractivity contribution in [3.63, 3.8) is 0 Å². The van der Waals surface area contributed by atoms with E-state index in [1.807, 2.05) is 0 Å². The molecule has 0 fully saturated rings. The number of halogens is 3. The van der Waals surface area contributed by atoms with Gasteiger partial charge in [-0.1, -0.05) is 6.92 Å². The molecule has 1 N–H and O–H groups in total. The van der Waals surface area contributed by atoms with Crippen LogP contribution in [0.3, 0.4) is 0 Å². The van der Waals surface area contributed by atoms with Crippen LogP contribution in [0.4, 0.5) is 13.2 Å². The van der Waals surface area contributed by atoms with E-state index in [0.717, 1.165) is 18.3 Å². The van der Waals surface area contributed by atoms with E-state index in [1.54, 1.807) is 6.92 Å². The van der Waals surface area contributed by atoms with Gasteiger partial charge in [-0.15, -0.1) is 0 Å². The molecule has 0 aliphatic carbocycles. The van der Waals surface area contributed by atoms with Gasteiger partial charge in [0.25, 0.3) is 0 Å². The van der Waals surface area contributed by atoms with Gasteiger partial charge in [-0.25, -0.2) is 0 Å². The van der Waals surface area contributed by atoms with Crippen LogP contribution in [0.2, 0.25) is 0 Å². The quantitative estimate of drug-likeness (QED) is 0.829. The molecule has 0 aliphatic heterocycles. The van der Waals surface area contributed by atoms with Crippen LogP contribution in [0.1, 0.15) is 31.0 Å². The van der Waals surface area contributed by atoms with Crippen LogP contribution >= 0.6 is 0 Å². The fourth-order valence-electron chi connectivity index (χ4n) is 1.12. The minimum Gasteiger partial charge on any atom is -0.393 e. The van der Waals surface area contributed by atoms with Crippen LogP contribution < -0.4 is 0 Å². The van der Waals surface area contributed by atoms with Gasteiger partial charge >= 0.3 is 6.18 Å². The summed E-state index contributed by atoms with van der Waals surface area (Å²) in [7, 11) is 0. The third-order valence-corrected chi connectivity index (χ3v) is 2.30. The lowest BCUT2D eigenvalue weighted by Gasteiger charge is -2.15. The van der Waals surface area contributed by atoms with Crippen LogP contribution in [-0.2, 0) is 6.18 Å². The Morgan fingerprint density at radius 1 is 1.33 bits per heavy atom. The molecule has 0 spiro atoms. The highest BCUT2D eigenvalue weighted by Crippen LogP contribution is 2.30. The molecule has 0 bridgehead atoms. The van der Waals surface area contributed by atoms with E-state index in [9.17, 15) is 18.3 Å². The molecule has 0 amide bonds. The number of rotatable bonds is 2. The number of hydrogen-bond donors (Lipinski definition) is 1. The summed E-state index contributed by atoms with van der Waals surface area (Å²) in [4.78, 5) is 3.81. The minimum atomic E-state index is -4.36. The Labute approximate surface area is 85.8 Å². The maximum Gasteiger partial charge on any atom is 0.416 e.